The zero-order valence-electron chi connectivity index (χ0n) is 20.1. The van der Waals surface area contributed by atoms with Crippen molar-refractivity contribution in [3.63, 3.8) is 0 Å². The van der Waals surface area contributed by atoms with E-state index >= 15 is 4.39 Å². The van der Waals surface area contributed by atoms with Crippen molar-refractivity contribution in [1.82, 2.24) is 0 Å². The zero-order valence-corrected chi connectivity index (χ0v) is 20.1. The maximum Gasteiger partial charge on any atom is 0.306 e. The summed E-state index contributed by atoms with van der Waals surface area (Å²) in [6.45, 7) is 5.34. The minimum absolute atomic E-state index is 0.0490. The summed E-state index contributed by atoms with van der Waals surface area (Å²) in [5.41, 5.74) is -6.81. The Morgan fingerprint density at radius 3 is 2.56 bits per heavy atom. The van der Waals surface area contributed by atoms with Crippen LogP contribution in [0.2, 0.25) is 0 Å². The molecule has 3 saturated carbocycles. The summed E-state index contributed by atoms with van der Waals surface area (Å²) in [7, 11) is 0. The third-order valence-electron chi connectivity index (χ3n) is 9.54. The molecule has 3 fully saturated rings. The van der Waals surface area contributed by atoms with Gasteiger partial charge in [-0.2, -0.15) is 0 Å². The summed E-state index contributed by atoms with van der Waals surface area (Å²) in [4.78, 5) is 37.7. The average Bonchev–Trinajstić information content (AvgIpc) is 2.99. The van der Waals surface area contributed by atoms with E-state index < -0.39 is 76.0 Å². The zero-order chi connectivity index (χ0) is 25.3. The van der Waals surface area contributed by atoms with Crippen molar-refractivity contribution in [2.45, 2.75) is 83.6 Å². The van der Waals surface area contributed by atoms with Crippen LogP contribution < -0.4 is 0 Å². The molecule has 34 heavy (non-hydrogen) atoms. The van der Waals surface area contributed by atoms with Crippen LogP contribution in [0.4, 0.5) is 13.2 Å². The van der Waals surface area contributed by atoms with Gasteiger partial charge >= 0.3 is 5.97 Å². The van der Waals surface area contributed by atoms with E-state index in [0.29, 0.717) is 12.8 Å². The van der Waals surface area contributed by atoms with Gasteiger partial charge < -0.3 is 9.84 Å². The van der Waals surface area contributed by atoms with E-state index in [2.05, 4.69) is 0 Å². The molecule has 0 aromatic heterocycles. The first-order valence-corrected chi connectivity index (χ1v) is 12.2. The molecule has 188 valence electrons. The number of hydrogen-bond acceptors (Lipinski definition) is 5. The summed E-state index contributed by atoms with van der Waals surface area (Å²) >= 11 is 0. The molecule has 0 amide bonds. The molecule has 0 bridgehead atoms. The van der Waals surface area contributed by atoms with Crippen molar-refractivity contribution in [3.05, 3.63) is 23.6 Å². The van der Waals surface area contributed by atoms with Crippen molar-refractivity contribution < 1.29 is 37.4 Å². The SMILES string of the molecule is CCCC(=O)O[C@@]1(C(=O)CF)[C@H](C)C[C@H]2[C@@H]3CCC4=C(F)C(=O)C=C[C@]4(C)[C@@]3(F)[C@@H](O)C[C@@]21C. The van der Waals surface area contributed by atoms with Gasteiger partial charge in [0.05, 0.1) is 6.10 Å². The van der Waals surface area contributed by atoms with Crippen LogP contribution in [0.15, 0.2) is 23.6 Å². The number of alkyl halides is 2. The van der Waals surface area contributed by atoms with E-state index in [1.807, 2.05) is 0 Å². The van der Waals surface area contributed by atoms with Crippen molar-refractivity contribution in [2.75, 3.05) is 6.67 Å². The molecule has 0 spiro atoms. The van der Waals surface area contributed by atoms with E-state index in [4.69, 9.17) is 4.74 Å². The Balaban J connectivity index is 1.85. The first kappa shape index (κ1) is 25.1. The average molecular weight is 483 g/mol. The van der Waals surface area contributed by atoms with Crippen LogP contribution in [0.3, 0.4) is 0 Å². The Morgan fingerprint density at radius 1 is 1.26 bits per heavy atom. The molecule has 5 nitrogen and oxygen atoms in total. The number of hydrogen-bond donors (Lipinski definition) is 1. The second-order valence-corrected chi connectivity index (χ2v) is 11.0. The summed E-state index contributed by atoms with van der Waals surface area (Å²) in [6.07, 6.45) is 1.58. The molecule has 0 saturated heterocycles. The number of carbonyl (C=O) groups is 3. The van der Waals surface area contributed by atoms with Crippen molar-refractivity contribution in [2.24, 2.45) is 28.6 Å². The summed E-state index contributed by atoms with van der Waals surface area (Å²) < 4.78 is 51.7. The number of ketones is 2. The van der Waals surface area contributed by atoms with E-state index in [1.165, 1.54) is 13.0 Å². The van der Waals surface area contributed by atoms with Crippen LogP contribution in [0, 0.1) is 28.6 Å². The minimum atomic E-state index is -2.30. The highest BCUT2D eigenvalue weighted by molar-refractivity contribution is 6.04. The molecule has 8 heteroatoms. The lowest BCUT2D eigenvalue weighted by atomic mass is 9.44. The van der Waals surface area contributed by atoms with Gasteiger partial charge in [0.15, 0.2) is 23.8 Å². The minimum Gasteiger partial charge on any atom is -0.450 e. The van der Waals surface area contributed by atoms with Crippen molar-refractivity contribution in [3.8, 4) is 0 Å². The molecule has 4 aliphatic rings. The number of halogens is 3. The van der Waals surface area contributed by atoms with Crippen LogP contribution >= 0.6 is 0 Å². The lowest BCUT2D eigenvalue weighted by molar-refractivity contribution is -0.228. The summed E-state index contributed by atoms with van der Waals surface area (Å²) in [6, 6.07) is 0. The molecular weight excluding hydrogens is 449 g/mol. The van der Waals surface area contributed by atoms with Gasteiger partial charge in [0.1, 0.15) is 0 Å². The highest BCUT2D eigenvalue weighted by atomic mass is 19.1. The third-order valence-corrected chi connectivity index (χ3v) is 9.54. The molecule has 0 aromatic carbocycles. The topological polar surface area (TPSA) is 80.7 Å². The fourth-order valence-corrected chi connectivity index (χ4v) is 8.01. The van der Waals surface area contributed by atoms with Gasteiger partial charge in [-0.05, 0) is 56.6 Å². The standard InChI is InChI=1S/C26H33F3O5/c1-5-6-21(33)34-26(20(32)13-27)14(2)11-17-15-7-8-16-22(28)18(30)9-10-23(16,3)25(15,29)19(31)12-24(17,26)4/h9-10,14-15,17,19,31H,5-8,11-13H2,1-4H3/t14-,15+,17+,19+,23+,24+,25+,26-/m1/s1. The number of ether oxygens (including phenoxy) is 1. The maximum absolute atomic E-state index is 17.2. The number of carbonyl (C=O) groups excluding carboxylic acids is 3. The number of esters is 1. The fraction of sp³-hybridized carbons (Fsp3) is 0.731. The van der Waals surface area contributed by atoms with E-state index in [-0.39, 0.29) is 31.3 Å². The highest BCUT2D eigenvalue weighted by Gasteiger charge is 2.77. The second-order valence-electron chi connectivity index (χ2n) is 11.0. The van der Waals surface area contributed by atoms with Gasteiger partial charge in [0, 0.05) is 29.1 Å². The van der Waals surface area contributed by atoms with E-state index in [9.17, 15) is 28.3 Å². The molecule has 0 radical (unpaired) electrons. The Morgan fingerprint density at radius 2 is 1.94 bits per heavy atom. The monoisotopic (exact) mass is 482 g/mol. The Kier molecular flexibility index (Phi) is 5.94. The predicted octanol–water partition coefficient (Wildman–Crippen LogP) is 4.52. The predicted molar refractivity (Wildman–Crippen MR) is 118 cm³/mol. The van der Waals surface area contributed by atoms with Crippen LogP contribution in [-0.2, 0) is 19.1 Å². The third kappa shape index (κ3) is 2.86. The number of rotatable bonds is 5. The van der Waals surface area contributed by atoms with E-state index in [0.717, 1.165) is 6.08 Å². The van der Waals surface area contributed by atoms with Crippen LogP contribution in [-0.4, -0.2) is 46.7 Å². The first-order valence-electron chi connectivity index (χ1n) is 12.2. The number of allylic oxidation sites excluding steroid dienone is 4. The number of aliphatic hydroxyl groups is 1. The molecule has 4 rings (SSSR count). The molecule has 0 aliphatic heterocycles. The van der Waals surface area contributed by atoms with Crippen molar-refractivity contribution >= 4 is 17.5 Å². The summed E-state index contributed by atoms with van der Waals surface area (Å²) in [5, 5.41) is 11.4. The Labute approximate surface area is 197 Å². The molecule has 0 aromatic rings. The maximum atomic E-state index is 17.2. The molecule has 1 N–H and O–H groups in total. The second kappa shape index (κ2) is 8.04. The van der Waals surface area contributed by atoms with Crippen LogP contribution in [0.25, 0.3) is 0 Å². The van der Waals surface area contributed by atoms with Gasteiger partial charge in [0.25, 0.3) is 0 Å². The normalized spacial score (nSPS) is 45.5. The Bertz CT molecular complexity index is 991. The smallest absolute Gasteiger partial charge is 0.306 e. The van der Waals surface area contributed by atoms with E-state index in [1.54, 1.807) is 20.8 Å². The highest BCUT2D eigenvalue weighted by Crippen LogP contribution is 2.71. The van der Waals surface area contributed by atoms with Gasteiger partial charge in [-0.15, -0.1) is 0 Å². The quantitative estimate of drug-likeness (QED) is 0.583. The lowest BCUT2D eigenvalue weighted by Gasteiger charge is -2.62. The van der Waals surface area contributed by atoms with Gasteiger partial charge in [0.2, 0.25) is 11.6 Å². The molecule has 4 aliphatic carbocycles. The largest absolute Gasteiger partial charge is 0.450 e. The lowest BCUT2D eigenvalue weighted by Crippen LogP contribution is -2.70. The first-order chi connectivity index (χ1) is 15.8. The Hall–Kier alpha value is -1.96. The number of aliphatic hydroxyl groups excluding tert-OH is 1. The molecule has 0 unspecified atom stereocenters. The van der Waals surface area contributed by atoms with Crippen molar-refractivity contribution in [1.29, 1.82) is 0 Å². The molecule has 8 atom stereocenters. The number of Topliss-reactive ketones (excluding diaryl/α,β-unsaturated/α-hetero) is 1. The number of fused-ring (bicyclic) bond motifs is 5. The fourth-order valence-electron chi connectivity index (χ4n) is 8.01. The van der Waals surface area contributed by atoms with Gasteiger partial charge in [-0.3, -0.25) is 14.4 Å². The van der Waals surface area contributed by atoms with Gasteiger partial charge in [-0.1, -0.05) is 26.8 Å². The summed E-state index contributed by atoms with van der Waals surface area (Å²) in [5.74, 6) is -5.20. The molecule has 0 heterocycles. The molecular formula is C26H33F3O5. The van der Waals surface area contributed by atoms with Crippen LogP contribution in [0.5, 0.6) is 0 Å². The van der Waals surface area contributed by atoms with Gasteiger partial charge in [-0.25, -0.2) is 13.2 Å². The van der Waals surface area contributed by atoms with Crippen LogP contribution in [0.1, 0.15) is 66.2 Å².